The van der Waals surface area contributed by atoms with Gasteiger partial charge in [-0.05, 0) is 43.2 Å². The molecule has 0 spiro atoms. The average Bonchev–Trinajstić information content (AvgIpc) is 2.31. The maximum absolute atomic E-state index is 4.29. The highest BCUT2D eigenvalue weighted by atomic mass is 14.6. The van der Waals surface area contributed by atoms with Gasteiger partial charge in [0.1, 0.15) is 0 Å². The van der Waals surface area contributed by atoms with E-state index in [2.05, 4.69) is 49.2 Å². The summed E-state index contributed by atoms with van der Waals surface area (Å²) < 4.78 is 0. The highest BCUT2D eigenvalue weighted by molar-refractivity contribution is 5.79. The summed E-state index contributed by atoms with van der Waals surface area (Å²) in [6, 6.07) is 14.5. The first kappa shape index (κ1) is 10.6. The number of hydrogen-bond donors (Lipinski definition) is 0. The maximum Gasteiger partial charge on any atom is 0.0632 e. The van der Waals surface area contributed by atoms with E-state index in [0.29, 0.717) is 0 Å². The molecule has 1 heterocycles. The number of allylic oxidation sites excluding steroid dienone is 1. The van der Waals surface area contributed by atoms with Crippen LogP contribution in [0.25, 0.3) is 11.6 Å². The summed E-state index contributed by atoms with van der Waals surface area (Å²) >= 11 is 0. The van der Waals surface area contributed by atoms with Crippen LogP contribution in [0.3, 0.4) is 0 Å². The zero-order valence-corrected chi connectivity index (χ0v) is 9.64. The highest BCUT2D eigenvalue weighted by Gasteiger charge is 1.95. The molecule has 0 aliphatic carbocycles. The Kier molecular flexibility index (Phi) is 3.16. The van der Waals surface area contributed by atoms with Gasteiger partial charge in [0, 0.05) is 6.20 Å². The van der Waals surface area contributed by atoms with Gasteiger partial charge in [0.05, 0.1) is 5.69 Å². The second-order valence-corrected chi connectivity index (χ2v) is 3.95. The quantitative estimate of drug-likeness (QED) is 0.729. The third-order valence-corrected chi connectivity index (χ3v) is 2.56. The van der Waals surface area contributed by atoms with Crippen molar-refractivity contribution in [1.29, 1.82) is 0 Å². The lowest BCUT2D eigenvalue weighted by Gasteiger charge is -2.02. The molecule has 0 unspecified atom stereocenters. The molecule has 0 atom stereocenters. The summed E-state index contributed by atoms with van der Waals surface area (Å²) in [6.45, 7) is 4.21. The Balaban J connectivity index is 2.28. The van der Waals surface area contributed by atoms with Crippen LogP contribution in [0.5, 0.6) is 0 Å². The number of pyridine rings is 1. The normalized spacial score (nSPS) is 11.5. The average molecular weight is 209 g/mol. The highest BCUT2D eigenvalue weighted by Crippen LogP contribution is 2.16. The molecule has 16 heavy (non-hydrogen) atoms. The Hall–Kier alpha value is -1.89. The van der Waals surface area contributed by atoms with Crippen LogP contribution in [0.4, 0.5) is 0 Å². The summed E-state index contributed by atoms with van der Waals surface area (Å²) in [5, 5.41) is 0. The van der Waals surface area contributed by atoms with E-state index in [0.717, 1.165) is 5.69 Å². The van der Waals surface area contributed by atoms with Gasteiger partial charge in [0.25, 0.3) is 0 Å². The van der Waals surface area contributed by atoms with Gasteiger partial charge < -0.3 is 0 Å². The van der Waals surface area contributed by atoms with Gasteiger partial charge in [-0.1, -0.05) is 35.9 Å². The zero-order chi connectivity index (χ0) is 11.4. The second kappa shape index (κ2) is 4.75. The molecule has 2 rings (SSSR count). The van der Waals surface area contributed by atoms with Crippen molar-refractivity contribution in [3.8, 4) is 0 Å². The fraction of sp³-hybridized carbons (Fsp3) is 0.133. The molecule has 0 bridgehead atoms. The molecule has 1 aromatic heterocycles. The number of hydrogen-bond acceptors (Lipinski definition) is 1. The minimum Gasteiger partial charge on any atom is -0.257 e. The lowest BCUT2D eigenvalue weighted by Crippen LogP contribution is -1.82. The first-order valence-corrected chi connectivity index (χ1v) is 5.42. The van der Waals surface area contributed by atoms with Crippen molar-refractivity contribution >= 4 is 11.6 Å². The van der Waals surface area contributed by atoms with E-state index in [1.54, 1.807) is 0 Å². The van der Waals surface area contributed by atoms with Crippen molar-refractivity contribution in [2.24, 2.45) is 0 Å². The van der Waals surface area contributed by atoms with Crippen LogP contribution in [0.15, 0.2) is 48.7 Å². The minimum absolute atomic E-state index is 1.00. The molecular formula is C15H15N. The predicted molar refractivity (Wildman–Crippen MR) is 69.0 cm³/mol. The summed E-state index contributed by atoms with van der Waals surface area (Å²) in [7, 11) is 0. The van der Waals surface area contributed by atoms with Gasteiger partial charge in [-0.25, -0.2) is 0 Å². The van der Waals surface area contributed by atoms with E-state index in [1.165, 1.54) is 16.7 Å². The van der Waals surface area contributed by atoms with Gasteiger partial charge in [-0.3, -0.25) is 4.98 Å². The minimum atomic E-state index is 1.00. The first-order valence-electron chi connectivity index (χ1n) is 5.42. The van der Waals surface area contributed by atoms with Gasteiger partial charge in [-0.15, -0.1) is 0 Å². The summed E-state index contributed by atoms with van der Waals surface area (Å²) in [5.41, 5.74) is 4.77. The van der Waals surface area contributed by atoms with Gasteiger partial charge in [-0.2, -0.15) is 0 Å². The van der Waals surface area contributed by atoms with Crippen LogP contribution in [0, 0.1) is 6.92 Å². The molecule has 80 valence electrons. The smallest absolute Gasteiger partial charge is 0.0632 e. The molecule has 2 aromatic rings. The third kappa shape index (κ3) is 2.57. The first-order chi connectivity index (χ1) is 7.75. The number of nitrogens with zero attached hydrogens (tertiary/aromatic N) is 1. The Morgan fingerprint density at radius 1 is 1.06 bits per heavy atom. The number of aryl methyl sites for hydroxylation is 1. The maximum atomic E-state index is 4.29. The van der Waals surface area contributed by atoms with Crippen LogP contribution < -0.4 is 0 Å². The van der Waals surface area contributed by atoms with E-state index >= 15 is 0 Å². The third-order valence-electron chi connectivity index (χ3n) is 2.56. The fourth-order valence-electron chi connectivity index (χ4n) is 1.58. The Bertz CT molecular complexity index is 481. The lowest BCUT2D eigenvalue weighted by molar-refractivity contribution is 1.29. The molecule has 1 heteroatoms. The molecule has 0 aliphatic rings. The fourth-order valence-corrected chi connectivity index (χ4v) is 1.58. The zero-order valence-electron chi connectivity index (χ0n) is 9.64. The molecule has 1 aromatic carbocycles. The number of aromatic nitrogens is 1. The van der Waals surface area contributed by atoms with Gasteiger partial charge in [0.15, 0.2) is 0 Å². The van der Waals surface area contributed by atoms with Crippen LogP contribution in [-0.4, -0.2) is 4.98 Å². The molecule has 0 N–H and O–H groups in total. The molecule has 1 nitrogen and oxygen atoms in total. The Morgan fingerprint density at radius 2 is 1.81 bits per heavy atom. The topological polar surface area (TPSA) is 12.9 Å². The van der Waals surface area contributed by atoms with E-state index in [4.69, 9.17) is 0 Å². The van der Waals surface area contributed by atoms with E-state index in [1.807, 2.05) is 24.4 Å². The van der Waals surface area contributed by atoms with Gasteiger partial charge >= 0.3 is 0 Å². The molecule has 0 saturated carbocycles. The lowest BCUT2D eigenvalue weighted by atomic mass is 10.0. The van der Waals surface area contributed by atoms with E-state index in [9.17, 15) is 0 Å². The summed E-state index contributed by atoms with van der Waals surface area (Å²) in [5.74, 6) is 0. The van der Waals surface area contributed by atoms with E-state index in [-0.39, 0.29) is 0 Å². The van der Waals surface area contributed by atoms with Crippen molar-refractivity contribution in [1.82, 2.24) is 4.98 Å². The SMILES string of the molecule is C/C(=C\c1ccccn1)c1ccc(C)cc1. The predicted octanol–water partition coefficient (Wildman–Crippen LogP) is 3.95. The Morgan fingerprint density at radius 3 is 2.44 bits per heavy atom. The van der Waals surface area contributed by atoms with Crippen LogP contribution in [-0.2, 0) is 0 Å². The molecule has 0 amide bonds. The van der Waals surface area contributed by atoms with Crippen molar-refractivity contribution in [3.05, 3.63) is 65.5 Å². The van der Waals surface area contributed by atoms with Crippen LogP contribution in [0.1, 0.15) is 23.7 Å². The van der Waals surface area contributed by atoms with Crippen LogP contribution >= 0.6 is 0 Å². The molecule has 0 saturated heterocycles. The number of rotatable bonds is 2. The Labute approximate surface area is 96.5 Å². The summed E-state index contributed by atoms with van der Waals surface area (Å²) in [6.07, 6.45) is 3.92. The van der Waals surface area contributed by atoms with Crippen molar-refractivity contribution in [2.45, 2.75) is 13.8 Å². The van der Waals surface area contributed by atoms with E-state index < -0.39 is 0 Å². The van der Waals surface area contributed by atoms with Crippen molar-refractivity contribution < 1.29 is 0 Å². The molecule has 0 radical (unpaired) electrons. The second-order valence-electron chi connectivity index (χ2n) is 3.95. The monoisotopic (exact) mass is 209 g/mol. The standard InChI is InChI=1S/C15H15N/c1-12-6-8-14(9-7-12)13(2)11-15-5-3-4-10-16-15/h3-11H,1-2H3/b13-11+. The molecular weight excluding hydrogens is 194 g/mol. The summed E-state index contributed by atoms with van der Waals surface area (Å²) in [4.78, 5) is 4.29. The largest absolute Gasteiger partial charge is 0.257 e. The van der Waals surface area contributed by atoms with Crippen molar-refractivity contribution in [3.63, 3.8) is 0 Å². The van der Waals surface area contributed by atoms with Crippen LogP contribution in [0.2, 0.25) is 0 Å². The molecule has 0 aliphatic heterocycles. The molecule has 0 fully saturated rings. The number of benzene rings is 1. The van der Waals surface area contributed by atoms with Gasteiger partial charge in [0.2, 0.25) is 0 Å². The van der Waals surface area contributed by atoms with Crippen molar-refractivity contribution in [2.75, 3.05) is 0 Å².